The normalized spacial score (nSPS) is 12.4. The number of aromatic nitrogens is 1. The van der Waals surface area contributed by atoms with E-state index in [0.29, 0.717) is 5.69 Å². The number of nitrogens with zero attached hydrogens (tertiary/aromatic N) is 1. The van der Waals surface area contributed by atoms with Crippen LogP contribution in [-0.4, -0.2) is 10.1 Å². The molecule has 0 fully saturated rings. The molecule has 1 atom stereocenters. The summed E-state index contributed by atoms with van der Waals surface area (Å²) < 4.78 is 0. The van der Waals surface area contributed by atoms with Crippen LogP contribution in [0.2, 0.25) is 0 Å². The van der Waals surface area contributed by atoms with E-state index in [1.165, 1.54) is 5.56 Å². The largest absolute Gasteiger partial charge is 0.382 e. The molecule has 0 unspecified atom stereocenters. The summed E-state index contributed by atoms with van der Waals surface area (Å²) in [6.07, 6.45) is 1.05. The quantitative estimate of drug-likeness (QED) is 0.806. The Hall–Kier alpha value is -1.67. The number of aryl methyl sites for hydroxylation is 1. The van der Waals surface area contributed by atoms with Crippen LogP contribution in [0, 0.1) is 6.92 Å². The van der Waals surface area contributed by atoms with E-state index in [2.05, 4.69) is 4.98 Å². The number of rotatable bonds is 2. The fourth-order valence-corrected chi connectivity index (χ4v) is 1.46. The van der Waals surface area contributed by atoms with Crippen molar-refractivity contribution < 1.29 is 5.11 Å². The summed E-state index contributed by atoms with van der Waals surface area (Å²) in [5.74, 6) is 0. The fourth-order valence-electron chi connectivity index (χ4n) is 1.46. The van der Waals surface area contributed by atoms with Crippen LogP contribution in [0.5, 0.6) is 0 Å². The van der Waals surface area contributed by atoms with Gasteiger partial charge in [-0.3, -0.25) is 4.98 Å². The predicted octanol–water partition coefficient (Wildman–Crippen LogP) is 2.47. The maximum absolute atomic E-state index is 10.0. The molecule has 15 heavy (non-hydrogen) atoms. The summed E-state index contributed by atoms with van der Waals surface area (Å²) in [5, 5.41) is 10.0. The van der Waals surface area contributed by atoms with E-state index in [4.69, 9.17) is 0 Å². The van der Waals surface area contributed by atoms with Gasteiger partial charge in [0.15, 0.2) is 0 Å². The third-order valence-corrected chi connectivity index (χ3v) is 2.36. The minimum Gasteiger partial charge on any atom is -0.382 e. The Balaban J connectivity index is 2.29. The highest BCUT2D eigenvalue weighted by Gasteiger charge is 2.10. The molecule has 2 nitrogen and oxygen atoms in total. The molecule has 2 aromatic rings. The Labute approximate surface area is 89.2 Å². The third kappa shape index (κ3) is 2.22. The first-order valence-corrected chi connectivity index (χ1v) is 4.93. The summed E-state index contributed by atoms with van der Waals surface area (Å²) >= 11 is 0. The second-order valence-electron chi connectivity index (χ2n) is 3.57. The van der Waals surface area contributed by atoms with Crippen LogP contribution in [0.15, 0.2) is 48.7 Å². The molecule has 0 spiro atoms. The van der Waals surface area contributed by atoms with E-state index in [1.807, 2.05) is 49.4 Å². The number of benzene rings is 1. The van der Waals surface area contributed by atoms with Crippen LogP contribution in [0.1, 0.15) is 22.9 Å². The van der Waals surface area contributed by atoms with Gasteiger partial charge in [-0.15, -0.1) is 0 Å². The molecule has 0 saturated heterocycles. The van der Waals surface area contributed by atoms with Gasteiger partial charge in [0, 0.05) is 6.20 Å². The van der Waals surface area contributed by atoms with Crippen molar-refractivity contribution >= 4 is 0 Å². The van der Waals surface area contributed by atoms with Crippen molar-refractivity contribution in [1.82, 2.24) is 4.98 Å². The Morgan fingerprint density at radius 3 is 2.40 bits per heavy atom. The molecule has 2 heteroatoms. The highest BCUT2D eigenvalue weighted by atomic mass is 16.3. The predicted molar refractivity (Wildman–Crippen MR) is 59.5 cm³/mol. The second kappa shape index (κ2) is 4.24. The van der Waals surface area contributed by atoms with E-state index in [0.717, 1.165) is 5.56 Å². The second-order valence-corrected chi connectivity index (χ2v) is 3.57. The lowest BCUT2D eigenvalue weighted by Gasteiger charge is -2.10. The van der Waals surface area contributed by atoms with Gasteiger partial charge in [-0.1, -0.05) is 35.9 Å². The van der Waals surface area contributed by atoms with Gasteiger partial charge in [-0.2, -0.15) is 0 Å². The Morgan fingerprint density at radius 2 is 1.80 bits per heavy atom. The zero-order valence-corrected chi connectivity index (χ0v) is 8.59. The van der Waals surface area contributed by atoms with Crippen molar-refractivity contribution in [2.75, 3.05) is 0 Å². The molecule has 0 bridgehead atoms. The smallest absolute Gasteiger partial charge is 0.121 e. The average molecular weight is 199 g/mol. The van der Waals surface area contributed by atoms with Crippen molar-refractivity contribution in [3.8, 4) is 0 Å². The summed E-state index contributed by atoms with van der Waals surface area (Å²) in [4.78, 5) is 4.13. The highest BCUT2D eigenvalue weighted by molar-refractivity contribution is 5.28. The minimum absolute atomic E-state index is 0.633. The molecule has 1 heterocycles. The van der Waals surface area contributed by atoms with E-state index >= 15 is 0 Å². The lowest BCUT2D eigenvalue weighted by Crippen LogP contribution is -2.01. The molecule has 0 aliphatic carbocycles. The zero-order valence-electron chi connectivity index (χ0n) is 8.59. The van der Waals surface area contributed by atoms with Gasteiger partial charge >= 0.3 is 0 Å². The van der Waals surface area contributed by atoms with Crippen LogP contribution in [0.3, 0.4) is 0 Å². The molecule has 1 N–H and O–H groups in total. The summed E-state index contributed by atoms with van der Waals surface area (Å²) in [6, 6.07) is 13.4. The van der Waals surface area contributed by atoms with E-state index in [1.54, 1.807) is 6.20 Å². The van der Waals surface area contributed by atoms with Gasteiger partial charge in [0.25, 0.3) is 0 Å². The van der Waals surface area contributed by atoms with E-state index in [9.17, 15) is 5.11 Å². The maximum atomic E-state index is 10.0. The van der Waals surface area contributed by atoms with Crippen LogP contribution in [0.25, 0.3) is 0 Å². The first kappa shape index (κ1) is 9.87. The minimum atomic E-state index is -0.633. The van der Waals surface area contributed by atoms with Crippen molar-refractivity contribution in [3.63, 3.8) is 0 Å². The number of aliphatic hydroxyl groups excluding tert-OH is 1. The van der Waals surface area contributed by atoms with Crippen LogP contribution in [-0.2, 0) is 0 Å². The molecule has 2 rings (SSSR count). The molecule has 1 aromatic heterocycles. The summed E-state index contributed by atoms with van der Waals surface area (Å²) in [6.45, 7) is 2.02. The van der Waals surface area contributed by atoms with Gasteiger partial charge in [-0.25, -0.2) is 0 Å². The zero-order chi connectivity index (χ0) is 10.7. The SMILES string of the molecule is Cc1ccc([C@H](O)c2ccccn2)cc1. The number of hydrogen-bond donors (Lipinski definition) is 1. The molecule has 76 valence electrons. The van der Waals surface area contributed by atoms with Crippen molar-refractivity contribution in [3.05, 3.63) is 65.5 Å². The molecule has 0 amide bonds. The molecular weight excluding hydrogens is 186 g/mol. The van der Waals surface area contributed by atoms with Crippen molar-refractivity contribution in [2.45, 2.75) is 13.0 Å². The maximum Gasteiger partial charge on any atom is 0.121 e. The molecule has 0 aliphatic heterocycles. The van der Waals surface area contributed by atoms with Crippen LogP contribution in [0.4, 0.5) is 0 Å². The number of pyridine rings is 1. The third-order valence-electron chi connectivity index (χ3n) is 2.36. The summed E-state index contributed by atoms with van der Waals surface area (Å²) in [7, 11) is 0. The molecule has 1 aromatic carbocycles. The van der Waals surface area contributed by atoms with Gasteiger partial charge in [0.2, 0.25) is 0 Å². The molecule has 0 saturated carbocycles. The Morgan fingerprint density at radius 1 is 1.07 bits per heavy atom. The van der Waals surface area contributed by atoms with Crippen LogP contribution >= 0.6 is 0 Å². The number of aliphatic hydroxyl groups is 1. The highest BCUT2D eigenvalue weighted by Crippen LogP contribution is 2.19. The molecule has 0 radical (unpaired) electrons. The lowest BCUT2D eigenvalue weighted by molar-refractivity contribution is 0.215. The standard InChI is InChI=1S/C13H13NO/c1-10-5-7-11(8-6-10)13(15)12-4-2-3-9-14-12/h2-9,13,15H,1H3/t13-/m0/s1. The van der Waals surface area contributed by atoms with Gasteiger partial charge < -0.3 is 5.11 Å². The Kier molecular flexibility index (Phi) is 2.79. The van der Waals surface area contributed by atoms with Gasteiger partial charge in [-0.05, 0) is 24.6 Å². The van der Waals surface area contributed by atoms with E-state index < -0.39 is 6.10 Å². The first-order valence-electron chi connectivity index (χ1n) is 4.93. The van der Waals surface area contributed by atoms with Crippen LogP contribution < -0.4 is 0 Å². The lowest BCUT2D eigenvalue weighted by atomic mass is 10.0. The summed E-state index contributed by atoms with van der Waals surface area (Å²) in [5.41, 5.74) is 2.74. The topological polar surface area (TPSA) is 33.1 Å². The monoisotopic (exact) mass is 199 g/mol. The molecule has 0 aliphatic rings. The van der Waals surface area contributed by atoms with E-state index in [-0.39, 0.29) is 0 Å². The average Bonchev–Trinajstić information content (AvgIpc) is 2.30. The van der Waals surface area contributed by atoms with Gasteiger partial charge in [0.05, 0.1) is 5.69 Å². The van der Waals surface area contributed by atoms with Crippen molar-refractivity contribution in [1.29, 1.82) is 0 Å². The first-order chi connectivity index (χ1) is 7.27. The molecular formula is C13H13NO. The van der Waals surface area contributed by atoms with Crippen molar-refractivity contribution in [2.24, 2.45) is 0 Å². The fraction of sp³-hybridized carbons (Fsp3) is 0.154. The Bertz CT molecular complexity index is 422. The van der Waals surface area contributed by atoms with Gasteiger partial charge in [0.1, 0.15) is 6.10 Å². The number of hydrogen-bond acceptors (Lipinski definition) is 2.